The molecule has 1 aliphatic carbocycles. The van der Waals surface area contributed by atoms with Crippen LogP contribution in [0, 0.1) is 5.92 Å². The highest BCUT2D eigenvalue weighted by atomic mass is 32.2. The highest BCUT2D eigenvalue weighted by Gasteiger charge is 2.57. The maximum Gasteiger partial charge on any atom is 0.416 e. The Morgan fingerprint density at radius 3 is 2.20 bits per heavy atom. The van der Waals surface area contributed by atoms with Crippen LogP contribution in [0.3, 0.4) is 0 Å². The van der Waals surface area contributed by atoms with E-state index in [9.17, 15) is 39.6 Å². The summed E-state index contributed by atoms with van der Waals surface area (Å²) >= 11 is 0. The molecule has 2 atom stereocenters. The van der Waals surface area contributed by atoms with E-state index in [1.807, 2.05) is 0 Å². The van der Waals surface area contributed by atoms with Crippen molar-refractivity contribution in [1.82, 2.24) is 0 Å². The SMILES string of the molecule is CC(=O)c1ccc2c(c1)C1(CCCCC1C(F)(F)F)CCN2S(=O)(=O)c1ccc(C(F)(F)F)cc1. The van der Waals surface area contributed by atoms with Crippen LogP contribution in [0.15, 0.2) is 47.4 Å². The molecular formula is C24H23F6NO3S. The van der Waals surface area contributed by atoms with Crippen molar-refractivity contribution in [2.45, 2.75) is 61.7 Å². The highest BCUT2D eigenvalue weighted by molar-refractivity contribution is 7.92. The molecule has 190 valence electrons. The first kappa shape index (κ1) is 25.5. The fraction of sp³-hybridized carbons (Fsp3) is 0.458. The van der Waals surface area contributed by atoms with Crippen molar-refractivity contribution in [2.24, 2.45) is 5.92 Å². The van der Waals surface area contributed by atoms with Gasteiger partial charge < -0.3 is 0 Å². The van der Waals surface area contributed by atoms with E-state index in [0.717, 1.165) is 16.4 Å². The summed E-state index contributed by atoms with van der Waals surface area (Å²) in [7, 11) is -4.38. The van der Waals surface area contributed by atoms with Gasteiger partial charge in [0.2, 0.25) is 0 Å². The van der Waals surface area contributed by atoms with Crippen LogP contribution in [-0.2, 0) is 21.6 Å². The molecule has 4 nitrogen and oxygen atoms in total. The summed E-state index contributed by atoms with van der Waals surface area (Å²) in [5.74, 6) is -2.06. The zero-order chi connectivity index (χ0) is 25.8. The molecular weight excluding hydrogens is 496 g/mol. The number of nitrogens with zero attached hydrogens (tertiary/aromatic N) is 1. The molecule has 0 bridgehead atoms. The Kier molecular flexibility index (Phi) is 6.22. The van der Waals surface area contributed by atoms with Crippen molar-refractivity contribution in [3.8, 4) is 0 Å². The molecule has 0 aromatic heterocycles. The summed E-state index contributed by atoms with van der Waals surface area (Å²) in [5, 5.41) is 0. The molecule has 2 aromatic carbocycles. The third-order valence-corrected chi connectivity index (χ3v) is 8.99. The van der Waals surface area contributed by atoms with Crippen LogP contribution in [0.5, 0.6) is 0 Å². The summed E-state index contributed by atoms with van der Waals surface area (Å²) in [4.78, 5) is 11.6. The predicted octanol–water partition coefficient (Wildman–Crippen LogP) is 6.50. The molecule has 0 amide bonds. The number of alkyl halides is 6. The third-order valence-electron chi connectivity index (χ3n) is 7.17. The summed E-state index contributed by atoms with van der Waals surface area (Å²) in [6.07, 6.45) is -8.27. The van der Waals surface area contributed by atoms with Crippen LogP contribution < -0.4 is 4.31 Å². The van der Waals surface area contributed by atoms with E-state index in [-0.39, 0.29) is 48.4 Å². The number of Topliss-reactive ketones (excluding diaryl/α,β-unsaturated/α-hetero) is 1. The molecule has 0 saturated heterocycles. The number of sulfonamides is 1. The fourth-order valence-electron chi connectivity index (χ4n) is 5.46. The average Bonchev–Trinajstić information content (AvgIpc) is 2.78. The Morgan fingerprint density at radius 2 is 1.63 bits per heavy atom. The summed E-state index contributed by atoms with van der Waals surface area (Å²) in [5.41, 5.74) is -2.06. The molecule has 4 rings (SSSR count). The number of hydrogen-bond donors (Lipinski definition) is 0. The van der Waals surface area contributed by atoms with Gasteiger partial charge in [0.25, 0.3) is 10.0 Å². The Morgan fingerprint density at radius 1 is 0.971 bits per heavy atom. The van der Waals surface area contributed by atoms with Crippen LogP contribution in [0.1, 0.15) is 60.5 Å². The van der Waals surface area contributed by atoms with Gasteiger partial charge in [0.15, 0.2) is 5.78 Å². The Hall–Kier alpha value is -2.56. The number of benzene rings is 2. The van der Waals surface area contributed by atoms with Crippen molar-refractivity contribution < 1.29 is 39.6 Å². The molecule has 1 aliphatic heterocycles. The van der Waals surface area contributed by atoms with E-state index in [1.54, 1.807) is 0 Å². The van der Waals surface area contributed by atoms with Crippen molar-refractivity contribution in [3.63, 3.8) is 0 Å². The lowest BCUT2D eigenvalue weighted by molar-refractivity contribution is -0.203. The van der Waals surface area contributed by atoms with E-state index in [0.29, 0.717) is 25.0 Å². The molecule has 35 heavy (non-hydrogen) atoms. The van der Waals surface area contributed by atoms with E-state index in [4.69, 9.17) is 0 Å². The van der Waals surface area contributed by atoms with E-state index >= 15 is 0 Å². The lowest BCUT2D eigenvalue weighted by Crippen LogP contribution is -2.52. The second-order valence-corrected chi connectivity index (χ2v) is 11.0. The number of ketones is 1. The maximum atomic E-state index is 14.2. The van der Waals surface area contributed by atoms with Gasteiger partial charge in [-0.25, -0.2) is 8.42 Å². The number of rotatable bonds is 3. The van der Waals surface area contributed by atoms with Gasteiger partial charge in [0.05, 0.1) is 22.1 Å². The molecule has 11 heteroatoms. The molecule has 2 aliphatic rings. The van der Waals surface area contributed by atoms with Crippen molar-refractivity contribution in [1.29, 1.82) is 0 Å². The number of hydrogen-bond acceptors (Lipinski definition) is 3. The third kappa shape index (κ3) is 4.43. The quantitative estimate of drug-likeness (QED) is 0.344. The Balaban J connectivity index is 1.86. The second kappa shape index (κ2) is 8.53. The molecule has 0 radical (unpaired) electrons. The van der Waals surface area contributed by atoms with E-state index in [1.165, 1.54) is 25.1 Å². The maximum absolute atomic E-state index is 14.2. The normalized spacial score (nSPS) is 23.3. The minimum Gasteiger partial charge on any atom is -0.295 e. The van der Waals surface area contributed by atoms with Gasteiger partial charge in [0, 0.05) is 17.5 Å². The molecule has 0 N–H and O–H groups in total. The zero-order valence-corrected chi connectivity index (χ0v) is 19.5. The molecule has 1 saturated carbocycles. The molecule has 1 spiro atoms. The summed E-state index contributed by atoms with van der Waals surface area (Å²) in [6, 6.07) is 7.03. The van der Waals surface area contributed by atoms with Gasteiger partial charge in [-0.3, -0.25) is 9.10 Å². The number of fused-ring (bicyclic) bond motifs is 2. The molecule has 2 aromatic rings. The largest absolute Gasteiger partial charge is 0.416 e. The van der Waals surface area contributed by atoms with Crippen LogP contribution in [0.4, 0.5) is 32.0 Å². The minimum atomic E-state index is -4.65. The number of halogens is 6. The van der Waals surface area contributed by atoms with Gasteiger partial charge >= 0.3 is 12.4 Å². The second-order valence-electron chi connectivity index (χ2n) is 9.13. The number of carbonyl (C=O) groups excluding carboxylic acids is 1. The Labute approximate surface area is 199 Å². The topological polar surface area (TPSA) is 54.5 Å². The van der Waals surface area contributed by atoms with Crippen LogP contribution in [-0.4, -0.2) is 26.9 Å². The van der Waals surface area contributed by atoms with Gasteiger partial charge in [-0.15, -0.1) is 0 Å². The molecule has 2 unspecified atom stereocenters. The van der Waals surface area contributed by atoms with Crippen LogP contribution in [0.25, 0.3) is 0 Å². The van der Waals surface area contributed by atoms with Crippen molar-refractivity contribution in [3.05, 3.63) is 59.2 Å². The van der Waals surface area contributed by atoms with Gasteiger partial charge in [-0.05, 0) is 74.2 Å². The number of anilines is 1. The molecule has 1 fully saturated rings. The first-order valence-electron chi connectivity index (χ1n) is 11.1. The Bertz CT molecular complexity index is 1240. The lowest BCUT2D eigenvalue weighted by atomic mass is 9.59. The summed E-state index contributed by atoms with van der Waals surface area (Å²) in [6.45, 7) is 1.01. The van der Waals surface area contributed by atoms with E-state index < -0.39 is 44.2 Å². The smallest absolute Gasteiger partial charge is 0.295 e. The van der Waals surface area contributed by atoms with E-state index in [2.05, 4.69) is 0 Å². The summed E-state index contributed by atoms with van der Waals surface area (Å²) < 4.78 is 109. The standard InChI is InChI=1S/C24H23F6NO3S/c1-15(32)16-5-10-20-19(14-16)22(11-3-2-4-21(22)24(28,29)30)12-13-31(20)35(33,34)18-8-6-17(7-9-18)23(25,26)27/h5-10,14,21H,2-4,11-13H2,1H3. The zero-order valence-electron chi connectivity index (χ0n) is 18.7. The first-order chi connectivity index (χ1) is 16.2. The highest BCUT2D eigenvalue weighted by Crippen LogP contribution is 2.57. The average molecular weight is 520 g/mol. The van der Waals surface area contributed by atoms with Crippen molar-refractivity contribution in [2.75, 3.05) is 10.8 Å². The van der Waals surface area contributed by atoms with Gasteiger partial charge in [-0.1, -0.05) is 12.8 Å². The van der Waals surface area contributed by atoms with Crippen molar-refractivity contribution >= 4 is 21.5 Å². The lowest BCUT2D eigenvalue weighted by Gasteiger charge is -2.50. The minimum absolute atomic E-state index is 0.0253. The van der Waals surface area contributed by atoms with Gasteiger partial charge in [0.1, 0.15) is 0 Å². The van der Waals surface area contributed by atoms with Gasteiger partial charge in [-0.2, -0.15) is 26.3 Å². The monoisotopic (exact) mass is 519 g/mol. The fourth-order valence-corrected chi connectivity index (χ4v) is 6.94. The van der Waals surface area contributed by atoms with Crippen LogP contribution >= 0.6 is 0 Å². The predicted molar refractivity (Wildman–Crippen MR) is 117 cm³/mol. The molecule has 1 heterocycles. The first-order valence-corrected chi connectivity index (χ1v) is 12.5. The van der Waals surface area contributed by atoms with Crippen LogP contribution in [0.2, 0.25) is 0 Å². The number of carbonyl (C=O) groups is 1.